The molecule has 0 radical (unpaired) electrons. The summed E-state index contributed by atoms with van der Waals surface area (Å²) in [7, 11) is 1.74. The zero-order valence-corrected chi connectivity index (χ0v) is 13.5. The van der Waals surface area contributed by atoms with Gasteiger partial charge in [-0.05, 0) is 30.9 Å². The van der Waals surface area contributed by atoms with E-state index in [1.165, 1.54) is 4.57 Å². The van der Waals surface area contributed by atoms with Gasteiger partial charge in [-0.1, -0.05) is 25.5 Å². The second-order valence-corrected chi connectivity index (χ2v) is 6.07. The summed E-state index contributed by atoms with van der Waals surface area (Å²) < 4.78 is 3.15. The third-order valence-electron chi connectivity index (χ3n) is 4.51. The normalized spacial score (nSPS) is 18.4. The molecule has 0 aliphatic carbocycles. The number of nitrogens with one attached hydrogen (secondary N) is 1. The zero-order chi connectivity index (χ0) is 16.6. The average molecular weight is 315 g/mol. The SMILES string of the molecule is CCCCc1cccc2c1n(C)c(=O)n2C1CCC(=O)NC1=O. The summed E-state index contributed by atoms with van der Waals surface area (Å²) in [4.78, 5) is 36.2. The van der Waals surface area contributed by atoms with Crippen LogP contribution in [-0.4, -0.2) is 20.9 Å². The number of hydrogen-bond donors (Lipinski definition) is 1. The van der Waals surface area contributed by atoms with Gasteiger partial charge in [-0.15, -0.1) is 0 Å². The Morgan fingerprint density at radius 2 is 2.04 bits per heavy atom. The Morgan fingerprint density at radius 1 is 1.26 bits per heavy atom. The molecule has 1 aliphatic rings. The van der Waals surface area contributed by atoms with E-state index in [9.17, 15) is 14.4 Å². The summed E-state index contributed by atoms with van der Waals surface area (Å²) in [6, 6.07) is 5.21. The van der Waals surface area contributed by atoms with Gasteiger partial charge in [0, 0.05) is 13.5 Å². The Kier molecular flexibility index (Phi) is 4.07. The van der Waals surface area contributed by atoms with E-state index in [1.807, 2.05) is 18.2 Å². The monoisotopic (exact) mass is 315 g/mol. The number of benzene rings is 1. The van der Waals surface area contributed by atoms with E-state index in [-0.39, 0.29) is 18.0 Å². The average Bonchev–Trinajstić information content (AvgIpc) is 2.78. The van der Waals surface area contributed by atoms with E-state index in [0.717, 1.165) is 35.9 Å². The van der Waals surface area contributed by atoms with E-state index in [4.69, 9.17) is 0 Å². The standard InChI is InChI=1S/C17H21N3O3/c1-3-4-6-11-7-5-8-12-15(11)19(2)17(23)20(12)13-9-10-14(21)18-16(13)22/h5,7-8,13H,3-4,6,9-10H2,1-2H3,(H,18,21,22). The maximum atomic E-state index is 12.7. The number of rotatable bonds is 4. The van der Waals surface area contributed by atoms with Crippen molar-refractivity contribution in [1.82, 2.24) is 14.5 Å². The number of unbranched alkanes of at least 4 members (excludes halogenated alkanes) is 1. The second-order valence-electron chi connectivity index (χ2n) is 6.07. The quantitative estimate of drug-likeness (QED) is 0.872. The lowest BCUT2D eigenvalue weighted by atomic mass is 10.0. The lowest BCUT2D eigenvalue weighted by molar-refractivity contribution is -0.135. The van der Waals surface area contributed by atoms with Crippen LogP contribution < -0.4 is 11.0 Å². The molecule has 23 heavy (non-hydrogen) atoms. The number of carbonyl (C=O) groups excluding carboxylic acids is 2. The molecule has 0 spiro atoms. The van der Waals surface area contributed by atoms with Gasteiger partial charge in [-0.2, -0.15) is 0 Å². The molecule has 1 aromatic carbocycles. The van der Waals surface area contributed by atoms with Crippen LogP contribution in [0.25, 0.3) is 11.0 Å². The van der Waals surface area contributed by atoms with Gasteiger partial charge in [-0.25, -0.2) is 4.79 Å². The highest BCUT2D eigenvalue weighted by Gasteiger charge is 2.31. The number of piperidine rings is 1. The summed E-state index contributed by atoms with van der Waals surface area (Å²) in [5.41, 5.74) is 2.56. The molecular weight excluding hydrogens is 294 g/mol. The fraction of sp³-hybridized carbons (Fsp3) is 0.471. The predicted octanol–water partition coefficient (Wildman–Crippen LogP) is 1.66. The topological polar surface area (TPSA) is 73.1 Å². The molecule has 2 amide bonds. The lowest BCUT2D eigenvalue weighted by Gasteiger charge is -2.21. The third-order valence-corrected chi connectivity index (χ3v) is 4.51. The molecule has 1 N–H and O–H groups in total. The van der Waals surface area contributed by atoms with E-state index in [0.29, 0.717) is 6.42 Å². The highest BCUT2D eigenvalue weighted by atomic mass is 16.2. The number of carbonyl (C=O) groups is 2. The molecule has 1 unspecified atom stereocenters. The van der Waals surface area contributed by atoms with Crippen molar-refractivity contribution in [2.75, 3.05) is 0 Å². The minimum atomic E-state index is -0.620. The van der Waals surface area contributed by atoms with Crippen molar-refractivity contribution in [3.05, 3.63) is 34.2 Å². The number of amides is 2. The van der Waals surface area contributed by atoms with E-state index >= 15 is 0 Å². The van der Waals surface area contributed by atoms with Crippen molar-refractivity contribution in [1.29, 1.82) is 0 Å². The number of aromatic nitrogens is 2. The van der Waals surface area contributed by atoms with Gasteiger partial charge in [0.1, 0.15) is 6.04 Å². The van der Waals surface area contributed by atoms with Crippen LogP contribution >= 0.6 is 0 Å². The molecule has 1 aliphatic heterocycles. The van der Waals surface area contributed by atoms with Crippen LogP contribution in [0.15, 0.2) is 23.0 Å². The summed E-state index contributed by atoms with van der Waals surface area (Å²) in [6.07, 6.45) is 3.66. The molecule has 1 saturated heterocycles. The summed E-state index contributed by atoms with van der Waals surface area (Å²) >= 11 is 0. The van der Waals surface area contributed by atoms with Gasteiger partial charge in [0.05, 0.1) is 11.0 Å². The molecule has 1 atom stereocenters. The van der Waals surface area contributed by atoms with Crippen molar-refractivity contribution in [2.24, 2.45) is 7.05 Å². The molecule has 0 saturated carbocycles. The van der Waals surface area contributed by atoms with Crippen LogP contribution in [0.2, 0.25) is 0 Å². The number of imide groups is 1. The fourth-order valence-corrected chi connectivity index (χ4v) is 3.32. The number of hydrogen-bond acceptors (Lipinski definition) is 3. The Hall–Kier alpha value is -2.37. The van der Waals surface area contributed by atoms with Crippen LogP contribution in [-0.2, 0) is 23.1 Å². The summed E-state index contributed by atoms with van der Waals surface area (Å²) in [5, 5.41) is 2.33. The molecule has 2 heterocycles. The largest absolute Gasteiger partial charge is 0.329 e. The summed E-state index contributed by atoms with van der Waals surface area (Å²) in [5.74, 6) is -0.669. The minimum absolute atomic E-state index is 0.210. The first kappa shape index (κ1) is 15.5. The van der Waals surface area contributed by atoms with Crippen LogP contribution in [0.3, 0.4) is 0 Å². The van der Waals surface area contributed by atoms with Crippen molar-refractivity contribution in [3.63, 3.8) is 0 Å². The fourth-order valence-electron chi connectivity index (χ4n) is 3.32. The highest BCUT2D eigenvalue weighted by Crippen LogP contribution is 2.25. The molecular formula is C17H21N3O3. The maximum absolute atomic E-state index is 12.7. The van der Waals surface area contributed by atoms with Crippen LogP contribution in [0.4, 0.5) is 0 Å². The zero-order valence-electron chi connectivity index (χ0n) is 13.5. The molecule has 3 rings (SSSR count). The van der Waals surface area contributed by atoms with Gasteiger partial charge in [0.25, 0.3) is 0 Å². The van der Waals surface area contributed by atoms with Gasteiger partial charge < -0.3 is 0 Å². The van der Waals surface area contributed by atoms with Crippen molar-refractivity contribution < 1.29 is 9.59 Å². The molecule has 1 aromatic heterocycles. The third kappa shape index (κ3) is 2.58. The molecule has 6 heteroatoms. The molecule has 6 nitrogen and oxygen atoms in total. The van der Waals surface area contributed by atoms with Crippen molar-refractivity contribution in [2.45, 2.75) is 45.1 Å². The van der Waals surface area contributed by atoms with Gasteiger partial charge in [0.2, 0.25) is 11.8 Å². The molecule has 0 bridgehead atoms. The van der Waals surface area contributed by atoms with Gasteiger partial charge >= 0.3 is 5.69 Å². The van der Waals surface area contributed by atoms with Crippen molar-refractivity contribution in [3.8, 4) is 0 Å². The highest BCUT2D eigenvalue weighted by molar-refractivity contribution is 6.00. The van der Waals surface area contributed by atoms with Crippen LogP contribution in [0.1, 0.15) is 44.2 Å². The first-order valence-electron chi connectivity index (χ1n) is 8.07. The van der Waals surface area contributed by atoms with Crippen LogP contribution in [0, 0.1) is 0 Å². The smallest absolute Gasteiger partial charge is 0.295 e. The maximum Gasteiger partial charge on any atom is 0.329 e. The lowest BCUT2D eigenvalue weighted by Crippen LogP contribution is -2.44. The minimum Gasteiger partial charge on any atom is -0.295 e. The Morgan fingerprint density at radius 3 is 2.74 bits per heavy atom. The van der Waals surface area contributed by atoms with Crippen LogP contribution in [0.5, 0.6) is 0 Å². The van der Waals surface area contributed by atoms with Gasteiger partial charge in [0.15, 0.2) is 0 Å². The Bertz CT molecular complexity index is 831. The number of fused-ring (bicyclic) bond motifs is 1. The Labute approximate surface area is 134 Å². The number of nitrogens with zero attached hydrogens (tertiary/aromatic N) is 2. The van der Waals surface area contributed by atoms with E-state index in [1.54, 1.807) is 11.6 Å². The number of aryl methyl sites for hydroxylation is 2. The van der Waals surface area contributed by atoms with Crippen molar-refractivity contribution >= 4 is 22.8 Å². The molecule has 2 aromatic rings. The number of para-hydroxylation sites is 1. The summed E-state index contributed by atoms with van der Waals surface area (Å²) in [6.45, 7) is 2.13. The predicted molar refractivity (Wildman–Crippen MR) is 87.2 cm³/mol. The molecule has 1 fully saturated rings. The molecule has 122 valence electrons. The number of imidazole rings is 1. The van der Waals surface area contributed by atoms with E-state index < -0.39 is 11.9 Å². The van der Waals surface area contributed by atoms with Gasteiger partial charge in [-0.3, -0.25) is 24.0 Å². The first-order chi connectivity index (χ1) is 11.0. The van der Waals surface area contributed by atoms with E-state index in [2.05, 4.69) is 12.2 Å². The first-order valence-corrected chi connectivity index (χ1v) is 8.07. The second kappa shape index (κ2) is 6.02. The Balaban J connectivity index is 2.15.